The molecule has 23 heavy (non-hydrogen) atoms. The highest BCUT2D eigenvalue weighted by molar-refractivity contribution is 7.99. The van der Waals surface area contributed by atoms with Crippen LogP contribution in [0.25, 0.3) is 11.4 Å². The van der Waals surface area contributed by atoms with E-state index in [4.69, 9.17) is 0 Å². The van der Waals surface area contributed by atoms with E-state index in [2.05, 4.69) is 15.2 Å². The smallest absolute Gasteiger partial charge is 0.209 e. The summed E-state index contributed by atoms with van der Waals surface area (Å²) >= 11 is 1.20. The lowest BCUT2D eigenvalue weighted by molar-refractivity contribution is 0.572. The van der Waals surface area contributed by atoms with Crippen LogP contribution in [0, 0.1) is 17.5 Å². The second kappa shape index (κ2) is 6.45. The Balaban J connectivity index is 1.80. The monoisotopic (exact) mass is 335 g/mol. The minimum Gasteiger partial charge on any atom is -0.258 e. The molecule has 2 aromatic carbocycles. The molecule has 0 amide bonds. The molecule has 7 heteroatoms. The normalized spacial score (nSPS) is 12.3. The Labute approximate surface area is 135 Å². The van der Waals surface area contributed by atoms with Gasteiger partial charge >= 0.3 is 0 Å². The third-order valence-electron chi connectivity index (χ3n) is 3.28. The van der Waals surface area contributed by atoms with E-state index in [0.29, 0.717) is 22.1 Å². The zero-order valence-corrected chi connectivity index (χ0v) is 12.9. The minimum atomic E-state index is -0.622. The first-order chi connectivity index (χ1) is 11.0. The van der Waals surface area contributed by atoms with Crippen molar-refractivity contribution in [3.8, 4) is 11.4 Å². The highest BCUT2D eigenvalue weighted by Gasteiger charge is 2.17. The van der Waals surface area contributed by atoms with Gasteiger partial charge in [-0.25, -0.2) is 18.2 Å². The molecule has 0 fully saturated rings. The molecular weight excluding hydrogens is 323 g/mol. The predicted octanol–water partition coefficient (Wildman–Crippen LogP) is 4.74. The van der Waals surface area contributed by atoms with Crippen molar-refractivity contribution in [3.05, 3.63) is 65.5 Å². The number of benzene rings is 2. The standard InChI is InChI=1S/C16H12F3N3S/c1-9(11-7-6-10(17)8-14(11)19)23-16-20-15(21-22-16)12-4-2-3-5-13(12)18/h2-9H,1H3,(H,20,21,22)/t9-/m0/s1. The lowest BCUT2D eigenvalue weighted by Crippen LogP contribution is -1.95. The molecule has 0 unspecified atom stereocenters. The van der Waals surface area contributed by atoms with Gasteiger partial charge in [-0.15, -0.1) is 5.10 Å². The first-order valence-corrected chi connectivity index (χ1v) is 7.71. The molecule has 3 aromatic rings. The third kappa shape index (κ3) is 3.39. The van der Waals surface area contributed by atoms with Gasteiger partial charge in [-0.1, -0.05) is 30.0 Å². The molecule has 0 saturated carbocycles. The van der Waals surface area contributed by atoms with Crippen molar-refractivity contribution in [2.45, 2.75) is 17.3 Å². The van der Waals surface area contributed by atoms with Gasteiger partial charge in [-0.3, -0.25) is 5.10 Å². The van der Waals surface area contributed by atoms with Gasteiger partial charge in [-0.2, -0.15) is 0 Å². The van der Waals surface area contributed by atoms with E-state index in [0.717, 1.165) is 6.07 Å². The lowest BCUT2D eigenvalue weighted by atomic mass is 10.1. The van der Waals surface area contributed by atoms with Crippen molar-refractivity contribution in [2.75, 3.05) is 0 Å². The zero-order valence-electron chi connectivity index (χ0n) is 12.1. The maximum absolute atomic E-state index is 13.8. The molecule has 1 atom stereocenters. The van der Waals surface area contributed by atoms with Crippen LogP contribution in [-0.4, -0.2) is 15.2 Å². The van der Waals surface area contributed by atoms with E-state index >= 15 is 0 Å². The first-order valence-electron chi connectivity index (χ1n) is 6.83. The van der Waals surface area contributed by atoms with Gasteiger partial charge in [0.1, 0.15) is 17.5 Å². The van der Waals surface area contributed by atoms with E-state index in [9.17, 15) is 13.2 Å². The van der Waals surface area contributed by atoms with Gasteiger partial charge in [0.05, 0.1) is 5.56 Å². The van der Waals surface area contributed by atoms with Crippen molar-refractivity contribution >= 4 is 11.8 Å². The molecule has 0 radical (unpaired) electrons. The van der Waals surface area contributed by atoms with E-state index < -0.39 is 17.5 Å². The molecule has 3 nitrogen and oxygen atoms in total. The number of H-pyrrole nitrogens is 1. The number of halogens is 3. The predicted molar refractivity (Wildman–Crippen MR) is 82.4 cm³/mol. The molecule has 0 aliphatic heterocycles. The number of hydrogen-bond donors (Lipinski definition) is 1. The third-order valence-corrected chi connectivity index (χ3v) is 4.28. The minimum absolute atomic E-state index is 0.303. The van der Waals surface area contributed by atoms with Gasteiger partial charge in [-0.05, 0) is 25.1 Å². The van der Waals surface area contributed by atoms with Crippen molar-refractivity contribution < 1.29 is 13.2 Å². The van der Waals surface area contributed by atoms with E-state index in [-0.39, 0.29) is 5.25 Å². The topological polar surface area (TPSA) is 41.6 Å². The lowest BCUT2D eigenvalue weighted by Gasteiger charge is -2.10. The summed E-state index contributed by atoms with van der Waals surface area (Å²) in [7, 11) is 0. The molecule has 1 N–H and O–H groups in total. The number of nitrogens with zero attached hydrogens (tertiary/aromatic N) is 2. The fraction of sp³-hybridized carbons (Fsp3) is 0.125. The summed E-state index contributed by atoms with van der Waals surface area (Å²) in [5.74, 6) is -1.34. The van der Waals surface area contributed by atoms with Crippen molar-refractivity contribution in [1.82, 2.24) is 15.2 Å². The average Bonchev–Trinajstić information content (AvgIpc) is 2.95. The van der Waals surface area contributed by atoms with Gasteiger partial charge in [0.25, 0.3) is 0 Å². The Morgan fingerprint density at radius 2 is 1.83 bits per heavy atom. The first kappa shape index (κ1) is 15.6. The highest BCUT2D eigenvalue weighted by Crippen LogP contribution is 2.35. The largest absolute Gasteiger partial charge is 0.258 e. The van der Waals surface area contributed by atoms with Gasteiger partial charge in [0.2, 0.25) is 5.16 Å². The summed E-state index contributed by atoms with van der Waals surface area (Å²) in [5.41, 5.74) is 0.668. The van der Waals surface area contributed by atoms with Crippen LogP contribution < -0.4 is 0 Å². The average molecular weight is 335 g/mol. The summed E-state index contributed by atoms with van der Waals surface area (Å²) in [5, 5.41) is 6.72. The number of aromatic amines is 1. The molecule has 0 aliphatic rings. The van der Waals surface area contributed by atoms with Gasteiger partial charge in [0.15, 0.2) is 5.82 Å². The SMILES string of the molecule is C[C@H](Sc1n[nH]c(-c2ccccc2F)n1)c1ccc(F)cc1F. The second-order valence-electron chi connectivity index (χ2n) is 4.87. The summed E-state index contributed by atoms with van der Waals surface area (Å²) in [6.45, 7) is 1.76. The Bertz CT molecular complexity index is 835. The number of nitrogens with one attached hydrogen (secondary N) is 1. The molecule has 0 spiro atoms. The Morgan fingerprint density at radius 1 is 1.04 bits per heavy atom. The van der Waals surface area contributed by atoms with Gasteiger partial charge in [0, 0.05) is 16.9 Å². The summed E-state index contributed by atoms with van der Waals surface area (Å²) in [6.07, 6.45) is 0. The number of hydrogen-bond acceptors (Lipinski definition) is 3. The van der Waals surface area contributed by atoms with Crippen molar-refractivity contribution in [1.29, 1.82) is 0 Å². The summed E-state index contributed by atoms with van der Waals surface area (Å²) < 4.78 is 40.5. The quantitative estimate of drug-likeness (QED) is 0.700. The maximum Gasteiger partial charge on any atom is 0.209 e. The molecule has 118 valence electrons. The van der Waals surface area contributed by atoms with E-state index in [1.54, 1.807) is 25.1 Å². The highest BCUT2D eigenvalue weighted by atomic mass is 32.2. The van der Waals surface area contributed by atoms with Crippen LogP contribution in [0.15, 0.2) is 47.6 Å². The van der Waals surface area contributed by atoms with Crippen LogP contribution in [0.2, 0.25) is 0 Å². The van der Waals surface area contributed by atoms with E-state index in [1.807, 2.05) is 0 Å². The van der Waals surface area contributed by atoms with E-state index in [1.165, 1.54) is 30.0 Å². The summed E-state index contributed by atoms with van der Waals surface area (Å²) in [4.78, 5) is 4.21. The zero-order chi connectivity index (χ0) is 16.4. The fourth-order valence-corrected chi connectivity index (χ4v) is 3.00. The summed E-state index contributed by atoms with van der Waals surface area (Å²) in [6, 6.07) is 9.66. The van der Waals surface area contributed by atoms with Crippen LogP contribution >= 0.6 is 11.8 Å². The molecule has 1 aromatic heterocycles. The van der Waals surface area contributed by atoms with Crippen LogP contribution in [0.5, 0.6) is 0 Å². The van der Waals surface area contributed by atoms with Crippen LogP contribution in [0.4, 0.5) is 13.2 Å². The van der Waals surface area contributed by atoms with Crippen LogP contribution in [0.3, 0.4) is 0 Å². The van der Waals surface area contributed by atoms with Crippen molar-refractivity contribution in [3.63, 3.8) is 0 Å². The fourth-order valence-electron chi connectivity index (χ4n) is 2.13. The maximum atomic E-state index is 13.8. The molecular formula is C16H12F3N3S. The Hall–Kier alpha value is -2.28. The molecule has 0 bridgehead atoms. The van der Waals surface area contributed by atoms with Crippen LogP contribution in [0.1, 0.15) is 17.7 Å². The second-order valence-corrected chi connectivity index (χ2v) is 6.18. The molecule has 3 rings (SSSR count). The molecule has 0 saturated heterocycles. The Morgan fingerprint density at radius 3 is 2.57 bits per heavy atom. The van der Waals surface area contributed by atoms with Crippen LogP contribution in [-0.2, 0) is 0 Å². The molecule has 1 heterocycles. The Kier molecular flexibility index (Phi) is 4.38. The van der Waals surface area contributed by atoms with Crippen molar-refractivity contribution in [2.24, 2.45) is 0 Å². The molecule has 0 aliphatic carbocycles. The number of thioether (sulfide) groups is 1. The van der Waals surface area contributed by atoms with Gasteiger partial charge < -0.3 is 0 Å². The number of aromatic nitrogens is 3. The number of rotatable bonds is 4.